The highest BCUT2D eigenvalue weighted by atomic mass is 32.1. The van der Waals surface area contributed by atoms with Crippen molar-refractivity contribution in [3.63, 3.8) is 0 Å². The first-order valence-electron chi connectivity index (χ1n) is 3.38. The lowest BCUT2D eigenvalue weighted by atomic mass is 10.5. The molecule has 0 aromatic heterocycles. The molecule has 0 rings (SSSR count). The third kappa shape index (κ3) is 23.9. The average Bonchev–Trinajstić information content (AvgIpc) is 1.62. The van der Waals surface area contributed by atoms with Gasteiger partial charge in [0.2, 0.25) is 20.5 Å². The number of carbonyl (C=O) groups excluding carboxylic acids is 1. The molecule has 0 aromatic carbocycles. The Labute approximate surface area is 74.9 Å². The van der Waals surface area contributed by atoms with Gasteiger partial charge in [-0.1, -0.05) is 37.3 Å². The van der Waals surface area contributed by atoms with E-state index in [1.165, 1.54) is 0 Å². The van der Waals surface area contributed by atoms with Gasteiger partial charge in [0.25, 0.3) is 0 Å². The second kappa shape index (κ2) is 9.33. The van der Waals surface area contributed by atoms with E-state index < -0.39 is 0 Å². The predicted octanol–water partition coefficient (Wildman–Crippen LogP) is 2.60. The minimum atomic E-state index is 0.713. The first-order chi connectivity index (χ1) is 4.54. The summed E-state index contributed by atoms with van der Waals surface area (Å²) in [5.41, 5.74) is 0. The van der Waals surface area contributed by atoms with Crippen LogP contribution in [-0.2, 0) is 4.79 Å². The molecule has 0 spiro atoms. The van der Waals surface area contributed by atoms with Crippen molar-refractivity contribution in [2.45, 2.75) is 37.3 Å². The molecule has 0 aliphatic heterocycles. The molecule has 0 atom stereocenters. The van der Waals surface area contributed by atoms with Crippen LogP contribution < -0.4 is 0 Å². The SMILES string of the molecule is C[CH](C)[Al][CH](C)C.O=C=S. The molecule has 0 aliphatic rings. The summed E-state index contributed by atoms with van der Waals surface area (Å²) in [6.07, 6.45) is 0. The molecule has 0 N–H and O–H groups in total. The number of hydrogen-bond acceptors (Lipinski definition) is 2. The molecule has 57 valence electrons. The second-order valence-corrected chi connectivity index (χ2v) is 5.98. The van der Waals surface area contributed by atoms with E-state index in [-0.39, 0.29) is 0 Å². The molecule has 1 radical (unpaired) electrons. The Kier molecular flexibility index (Phi) is 12.1. The van der Waals surface area contributed by atoms with Crippen molar-refractivity contribution in [3.05, 3.63) is 0 Å². The molecule has 0 bridgehead atoms. The number of hydrogen-bond donors (Lipinski definition) is 0. The summed E-state index contributed by atoms with van der Waals surface area (Å²) in [7, 11) is 0. The summed E-state index contributed by atoms with van der Waals surface area (Å²) in [6.45, 7) is 9.20. The summed E-state index contributed by atoms with van der Waals surface area (Å²) < 4.78 is 1.92. The molecule has 0 fully saturated rings. The lowest BCUT2D eigenvalue weighted by Gasteiger charge is -2.02. The van der Waals surface area contributed by atoms with E-state index in [0.717, 1.165) is 14.8 Å². The average molecular weight is 173 g/mol. The van der Waals surface area contributed by atoms with Crippen LogP contribution in [0.5, 0.6) is 0 Å². The van der Waals surface area contributed by atoms with Gasteiger partial charge in [0.05, 0.1) is 0 Å². The Balaban J connectivity index is 0. The maximum absolute atomic E-state index is 8.50. The number of rotatable bonds is 2. The minimum Gasteiger partial charge on any atom is -0.220 e. The van der Waals surface area contributed by atoms with Crippen LogP contribution in [0.3, 0.4) is 0 Å². The van der Waals surface area contributed by atoms with E-state index >= 15 is 0 Å². The summed E-state index contributed by atoms with van der Waals surface area (Å²) in [5, 5.41) is 1.08. The van der Waals surface area contributed by atoms with Gasteiger partial charge in [0.15, 0.2) is 0 Å². The van der Waals surface area contributed by atoms with Crippen LogP contribution in [0.15, 0.2) is 0 Å². The molecule has 0 amide bonds. The van der Waals surface area contributed by atoms with Gasteiger partial charge in [-0.3, -0.25) is 0 Å². The lowest BCUT2D eigenvalue weighted by molar-refractivity contribution is 0.572. The molecule has 0 saturated heterocycles. The maximum atomic E-state index is 8.50. The fourth-order valence-electron chi connectivity index (χ4n) is 0.770. The Hall–Kier alpha value is 0.332. The van der Waals surface area contributed by atoms with Gasteiger partial charge in [0, 0.05) is 12.2 Å². The molecule has 0 saturated carbocycles. The van der Waals surface area contributed by atoms with E-state index in [2.05, 4.69) is 39.9 Å². The topological polar surface area (TPSA) is 17.1 Å². The van der Waals surface area contributed by atoms with Crippen molar-refractivity contribution >= 4 is 32.7 Å². The van der Waals surface area contributed by atoms with E-state index in [0.29, 0.717) is 15.2 Å². The molecule has 1 nitrogen and oxygen atoms in total. The van der Waals surface area contributed by atoms with E-state index in [1.54, 1.807) is 0 Å². The summed E-state index contributed by atoms with van der Waals surface area (Å²) in [4.78, 5) is 8.50. The van der Waals surface area contributed by atoms with Crippen LogP contribution in [0.1, 0.15) is 27.7 Å². The zero-order chi connectivity index (χ0) is 8.57. The van der Waals surface area contributed by atoms with Crippen molar-refractivity contribution in [1.29, 1.82) is 0 Å². The molecule has 0 aromatic rings. The largest absolute Gasteiger partial charge is 0.220 e. The van der Waals surface area contributed by atoms with Crippen molar-refractivity contribution < 1.29 is 4.79 Å². The van der Waals surface area contributed by atoms with Crippen LogP contribution in [0.2, 0.25) is 9.56 Å². The zero-order valence-corrected chi connectivity index (χ0v) is 9.02. The van der Waals surface area contributed by atoms with Crippen molar-refractivity contribution in [3.8, 4) is 0 Å². The van der Waals surface area contributed by atoms with Gasteiger partial charge in [-0.05, 0) is 0 Å². The minimum absolute atomic E-state index is 0.713. The fraction of sp³-hybridized carbons (Fsp3) is 0.857. The maximum Gasteiger partial charge on any atom is 0.208 e. The van der Waals surface area contributed by atoms with Crippen molar-refractivity contribution in [1.82, 2.24) is 0 Å². The normalized spacial score (nSPS) is 8.20. The van der Waals surface area contributed by atoms with Crippen molar-refractivity contribution in [2.24, 2.45) is 0 Å². The molecule has 0 unspecified atom stereocenters. The summed E-state index contributed by atoms with van der Waals surface area (Å²) in [5.74, 6) is 0. The molecule has 10 heavy (non-hydrogen) atoms. The van der Waals surface area contributed by atoms with Crippen LogP contribution in [0.25, 0.3) is 0 Å². The Morgan fingerprint density at radius 1 is 1.20 bits per heavy atom. The summed E-state index contributed by atoms with van der Waals surface area (Å²) >= 11 is 4.30. The quantitative estimate of drug-likeness (QED) is 0.471. The Morgan fingerprint density at radius 2 is 1.40 bits per heavy atom. The van der Waals surface area contributed by atoms with Gasteiger partial charge < -0.3 is 0 Å². The highest BCUT2D eigenvalue weighted by Crippen LogP contribution is 2.07. The van der Waals surface area contributed by atoms with E-state index in [4.69, 9.17) is 4.79 Å². The first-order valence-corrected chi connectivity index (χ1v) is 5.13. The van der Waals surface area contributed by atoms with Crippen molar-refractivity contribution in [2.75, 3.05) is 0 Å². The molecule has 0 aliphatic carbocycles. The Bertz CT molecular complexity index is 89.8. The smallest absolute Gasteiger partial charge is 0.208 e. The number of thiocarbonyl (C=S) groups is 1. The first kappa shape index (κ1) is 13.0. The molecule has 3 heteroatoms. The monoisotopic (exact) mass is 173 g/mol. The molecular weight excluding hydrogens is 159 g/mol. The van der Waals surface area contributed by atoms with Crippen LogP contribution >= 0.6 is 12.2 Å². The van der Waals surface area contributed by atoms with Crippen LogP contribution in [-0.4, -0.2) is 20.5 Å². The fourth-order valence-corrected chi connectivity index (χ4v) is 2.31. The van der Waals surface area contributed by atoms with Gasteiger partial charge in [-0.25, -0.2) is 4.79 Å². The van der Waals surface area contributed by atoms with Crippen LogP contribution in [0, 0.1) is 0 Å². The highest BCUT2D eigenvalue weighted by Gasteiger charge is 1.99. The zero-order valence-electron chi connectivity index (χ0n) is 7.05. The summed E-state index contributed by atoms with van der Waals surface area (Å²) in [6, 6.07) is 0. The standard InChI is InChI=1S/2C3H7.COS.Al/c2*1-3-2;2-1-3;/h2*3H,1-2H3;;. The van der Waals surface area contributed by atoms with Gasteiger partial charge in [-0.2, -0.15) is 0 Å². The predicted molar refractivity (Wildman–Crippen MR) is 49.2 cm³/mol. The third-order valence-electron chi connectivity index (χ3n) is 0.770. The molecule has 0 heterocycles. The van der Waals surface area contributed by atoms with Gasteiger partial charge in [0.1, 0.15) is 0 Å². The Morgan fingerprint density at radius 3 is 1.40 bits per heavy atom. The molecular formula is C7H14AlOS. The van der Waals surface area contributed by atoms with Gasteiger partial charge in [-0.15, -0.1) is 0 Å². The lowest BCUT2D eigenvalue weighted by Crippen LogP contribution is -1.98. The second-order valence-electron chi connectivity index (χ2n) is 2.76. The van der Waals surface area contributed by atoms with Gasteiger partial charge >= 0.3 is 0 Å². The van der Waals surface area contributed by atoms with Crippen LogP contribution in [0.4, 0.5) is 0 Å². The van der Waals surface area contributed by atoms with E-state index in [1.807, 2.05) is 0 Å². The van der Waals surface area contributed by atoms with E-state index in [9.17, 15) is 0 Å². The highest BCUT2D eigenvalue weighted by molar-refractivity contribution is 7.78. The third-order valence-corrected chi connectivity index (χ3v) is 2.31.